The molecule has 0 aliphatic heterocycles. The third-order valence-electron chi connectivity index (χ3n) is 1.88. The second-order valence-electron chi connectivity index (χ2n) is 4.00. The van der Waals surface area contributed by atoms with Gasteiger partial charge in [-0.1, -0.05) is 38.7 Å². The van der Waals surface area contributed by atoms with Crippen molar-refractivity contribution in [2.24, 2.45) is 0 Å². The normalized spacial score (nSPS) is 11.6. The van der Waals surface area contributed by atoms with Gasteiger partial charge in [0.2, 0.25) is 0 Å². The zero-order valence-corrected chi connectivity index (χ0v) is 7.72. The van der Waals surface area contributed by atoms with Gasteiger partial charge >= 0.3 is 0 Å². The van der Waals surface area contributed by atoms with Gasteiger partial charge in [0.05, 0.1) is 0 Å². The Kier molecular flexibility index (Phi) is 2.01. The van der Waals surface area contributed by atoms with E-state index in [2.05, 4.69) is 20.8 Å². The smallest absolute Gasteiger partial charge is 0.0237 e. The van der Waals surface area contributed by atoms with Crippen LogP contribution in [0.5, 0.6) is 5.75 Å². The molecule has 0 bridgehead atoms. The standard InChI is InChI=1S/C10H15NO/c1-10(2,3)7-4-5-9(12)8(11)6-7/h4-6,12H,11H2,1-3H3/p-1. The fourth-order valence-corrected chi connectivity index (χ4v) is 1.01. The highest BCUT2D eigenvalue weighted by molar-refractivity contribution is 5.53. The molecule has 2 N–H and O–H groups in total. The quantitative estimate of drug-likeness (QED) is 0.592. The third kappa shape index (κ3) is 1.70. The van der Waals surface area contributed by atoms with E-state index in [4.69, 9.17) is 5.73 Å². The van der Waals surface area contributed by atoms with Gasteiger partial charge in [-0.25, -0.2) is 0 Å². The number of anilines is 1. The van der Waals surface area contributed by atoms with Crippen molar-refractivity contribution in [3.63, 3.8) is 0 Å². The fraction of sp³-hybridized carbons (Fsp3) is 0.400. The lowest BCUT2D eigenvalue weighted by atomic mass is 9.87. The van der Waals surface area contributed by atoms with Crippen LogP contribution in [-0.2, 0) is 5.41 Å². The molecule has 0 atom stereocenters. The van der Waals surface area contributed by atoms with Gasteiger partial charge in [0.1, 0.15) is 0 Å². The van der Waals surface area contributed by atoms with Crippen LogP contribution in [0.1, 0.15) is 26.3 Å². The largest absolute Gasteiger partial charge is 0.871 e. The maximum atomic E-state index is 11.0. The second-order valence-corrected chi connectivity index (χ2v) is 4.00. The Balaban J connectivity index is 3.14. The lowest BCUT2D eigenvalue weighted by Crippen LogP contribution is -2.11. The van der Waals surface area contributed by atoms with E-state index in [1.54, 1.807) is 6.07 Å². The summed E-state index contributed by atoms with van der Waals surface area (Å²) in [5, 5.41) is 11.0. The van der Waals surface area contributed by atoms with Crippen molar-refractivity contribution >= 4 is 5.69 Å². The monoisotopic (exact) mass is 164 g/mol. The Morgan fingerprint density at radius 2 is 1.83 bits per heavy atom. The first kappa shape index (κ1) is 8.91. The van der Waals surface area contributed by atoms with E-state index in [-0.39, 0.29) is 11.2 Å². The van der Waals surface area contributed by atoms with Crippen molar-refractivity contribution in [2.75, 3.05) is 5.73 Å². The van der Waals surface area contributed by atoms with Crippen LogP contribution in [0.2, 0.25) is 0 Å². The van der Waals surface area contributed by atoms with E-state index in [1.807, 2.05) is 6.07 Å². The molecule has 0 aliphatic carbocycles. The predicted octanol–water partition coefficient (Wildman–Crippen LogP) is 1.64. The van der Waals surface area contributed by atoms with Crippen molar-refractivity contribution in [1.29, 1.82) is 0 Å². The highest BCUT2D eigenvalue weighted by Crippen LogP contribution is 2.27. The molecule has 12 heavy (non-hydrogen) atoms. The van der Waals surface area contributed by atoms with Gasteiger partial charge in [0.15, 0.2) is 0 Å². The molecule has 0 saturated heterocycles. The van der Waals surface area contributed by atoms with Gasteiger partial charge < -0.3 is 10.8 Å². The first-order valence-electron chi connectivity index (χ1n) is 3.98. The molecule has 66 valence electrons. The van der Waals surface area contributed by atoms with Crippen molar-refractivity contribution in [3.8, 4) is 5.75 Å². The molecule has 0 aliphatic rings. The minimum atomic E-state index is -0.0944. The van der Waals surface area contributed by atoms with Crippen LogP contribution in [0.15, 0.2) is 18.2 Å². The van der Waals surface area contributed by atoms with Crippen LogP contribution < -0.4 is 10.8 Å². The third-order valence-corrected chi connectivity index (χ3v) is 1.88. The Morgan fingerprint density at radius 3 is 2.25 bits per heavy atom. The predicted molar refractivity (Wildman–Crippen MR) is 49.0 cm³/mol. The Bertz CT molecular complexity index is 286. The van der Waals surface area contributed by atoms with Crippen molar-refractivity contribution in [3.05, 3.63) is 23.8 Å². The maximum absolute atomic E-state index is 11.0. The molecule has 0 fully saturated rings. The molecule has 1 aromatic rings. The molecule has 0 saturated carbocycles. The Labute approximate surface area is 73.0 Å². The van der Waals surface area contributed by atoms with Gasteiger partial charge in [-0.15, -0.1) is 0 Å². The molecule has 1 aromatic carbocycles. The molecular weight excluding hydrogens is 150 g/mol. The maximum Gasteiger partial charge on any atom is 0.0237 e. The number of rotatable bonds is 0. The molecule has 0 radical (unpaired) electrons. The van der Waals surface area contributed by atoms with Gasteiger partial charge in [-0.05, 0) is 17.0 Å². The number of nitrogen functional groups attached to an aromatic ring is 1. The summed E-state index contributed by atoms with van der Waals surface area (Å²) in [5.41, 5.74) is 6.99. The van der Waals surface area contributed by atoms with Gasteiger partial charge in [0.25, 0.3) is 0 Å². The average Bonchev–Trinajstić information content (AvgIpc) is 1.92. The van der Waals surface area contributed by atoms with E-state index in [9.17, 15) is 5.11 Å². The van der Waals surface area contributed by atoms with Crippen LogP contribution >= 0.6 is 0 Å². The summed E-state index contributed by atoms with van der Waals surface area (Å²) in [7, 11) is 0. The molecule has 2 heteroatoms. The molecule has 1 rings (SSSR count). The molecular formula is C10H14NO-. The van der Waals surface area contributed by atoms with Crippen molar-refractivity contribution in [2.45, 2.75) is 26.2 Å². The highest BCUT2D eigenvalue weighted by atomic mass is 16.3. The van der Waals surface area contributed by atoms with E-state index >= 15 is 0 Å². The summed E-state index contributed by atoms with van der Waals surface area (Å²) in [6, 6.07) is 5.11. The molecule has 0 unspecified atom stereocenters. The minimum Gasteiger partial charge on any atom is -0.871 e. The lowest BCUT2D eigenvalue weighted by Gasteiger charge is -2.21. The van der Waals surface area contributed by atoms with E-state index in [1.165, 1.54) is 6.07 Å². The lowest BCUT2D eigenvalue weighted by molar-refractivity contribution is -0.267. The number of hydrogen-bond donors (Lipinski definition) is 1. The van der Waals surface area contributed by atoms with Crippen LogP contribution in [-0.4, -0.2) is 0 Å². The number of benzene rings is 1. The summed E-state index contributed by atoms with van der Waals surface area (Å²) >= 11 is 0. The van der Waals surface area contributed by atoms with Crippen LogP contribution in [0, 0.1) is 0 Å². The van der Waals surface area contributed by atoms with E-state index in [0.29, 0.717) is 5.69 Å². The van der Waals surface area contributed by atoms with Crippen LogP contribution in [0.4, 0.5) is 5.69 Å². The van der Waals surface area contributed by atoms with Crippen LogP contribution in [0.25, 0.3) is 0 Å². The number of hydrogen-bond acceptors (Lipinski definition) is 2. The molecule has 0 aromatic heterocycles. The first-order chi connectivity index (χ1) is 5.41. The highest BCUT2D eigenvalue weighted by Gasteiger charge is 2.12. The zero-order valence-electron chi connectivity index (χ0n) is 7.72. The topological polar surface area (TPSA) is 49.1 Å². The van der Waals surface area contributed by atoms with Gasteiger partial charge in [-0.3, -0.25) is 0 Å². The number of nitrogens with two attached hydrogens (primary N) is 1. The first-order valence-corrected chi connectivity index (χ1v) is 3.98. The Hall–Kier alpha value is -1.18. The summed E-state index contributed by atoms with van der Waals surface area (Å²) in [6.45, 7) is 6.27. The van der Waals surface area contributed by atoms with Crippen molar-refractivity contribution < 1.29 is 5.11 Å². The zero-order chi connectivity index (χ0) is 9.35. The Morgan fingerprint density at radius 1 is 1.25 bits per heavy atom. The van der Waals surface area contributed by atoms with Crippen LogP contribution in [0.3, 0.4) is 0 Å². The fourth-order valence-electron chi connectivity index (χ4n) is 1.01. The minimum absolute atomic E-state index is 0.0574. The second kappa shape index (κ2) is 2.70. The molecule has 2 nitrogen and oxygen atoms in total. The summed E-state index contributed by atoms with van der Waals surface area (Å²) < 4.78 is 0. The SMILES string of the molecule is CC(C)(C)c1ccc([O-])c(N)c1. The van der Waals surface area contributed by atoms with Gasteiger partial charge in [0, 0.05) is 5.69 Å². The van der Waals surface area contributed by atoms with E-state index in [0.717, 1.165) is 5.56 Å². The summed E-state index contributed by atoms with van der Waals surface area (Å²) in [5.74, 6) is -0.0944. The molecule has 0 amide bonds. The summed E-state index contributed by atoms with van der Waals surface area (Å²) in [4.78, 5) is 0. The average molecular weight is 164 g/mol. The molecule has 0 heterocycles. The molecule has 0 spiro atoms. The summed E-state index contributed by atoms with van der Waals surface area (Å²) in [6.07, 6.45) is 0. The van der Waals surface area contributed by atoms with E-state index < -0.39 is 0 Å². The van der Waals surface area contributed by atoms with Gasteiger partial charge in [-0.2, -0.15) is 0 Å². The van der Waals surface area contributed by atoms with Crippen molar-refractivity contribution in [1.82, 2.24) is 0 Å².